The minimum atomic E-state index is -0.305. The molecule has 4 heteroatoms. The van der Waals surface area contributed by atoms with Crippen molar-refractivity contribution in [1.29, 1.82) is 0 Å². The SMILES string of the molecule is CC(C)N(CC1=CCCC=CN1)c1cc(F)cc(Cl)c1. The van der Waals surface area contributed by atoms with Gasteiger partial charge in [0.25, 0.3) is 0 Å². The number of allylic oxidation sites excluding steroid dienone is 2. The second-order valence-corrected chi connectivity index (χ2v) is 5.64. The van der Waals surface area contributed by atoms with E-state index in [2.05, 4.69) is 36.2 Å². The Morgan fingerprint density at radius 2 is 2.10 bits per heavy atom. The van der Waals surface area contributed by atoms with Crippen LogP contribution in [0, 0.1) is 5.82 Å². The molecule has 1 aromatic rings. The first kappa shape index (κ1) is 14.9. The Balaban J connectivity index is 2.22. The van der Waals surface area contributed by atoms with Crippen LogP contribution in [0.4, 0.5) is 10.1 Å². The van der Waals surface area contributed by atoms with E-state index in [1.54, 1.807) is 6.07 Å². The fraction of sp³-hybridized carbons (Fsp3) is 0.375. The third-order valence-electron chi connectivity index (χ3n) is 3.25. The summed E-state index contributed by atoms with van der Waals surface area (Å²) >= 11 is 5.96. The first-order chi connectivity index (χ1) is 9.56. The highest BCUT2D eigenvalue weighted by Gasteiger charge is 2.14. The molecule has 1 aromatic carbocycles. The van der Waals surface area contributed by atoms with E-state index in [0.29, 0.717) is 11.6 Å². The molecule has 0 aromatic heterocycles. The van der Waals surface area contributed by atoms with Crippen LogP contribution in [0.5, 0.6) is 0 Å². The van der Waals surface area contributed by atoms with Crippen LogP contribution in [0.2, 0.25) is 5.02 Å². The predicted octanol–water partition coefficient (Wildman–Crippen LogP) is 4.47. The number of benzene rings is 1. The summed E-state index contributed by atoms with van der Waals surface area (Å²) in [4.78, 5) is 2.13. The number of halogens is 2. The lowest BCUT2D eigenvalue weighted by atomic mass is 10.2. The van der Waals surface area contributed by atoms with E-state index in [9.17, 15) is 4.39 Å². The number of anilines is 1. The van der Waals surface area contributed by atoms with Crippen LogP contribution in [0.3, 0.4) is 0 Å². The summed E-state index contributed by atoms with van der Waals surface area (Å²) < 4.78 is 13.5. The molecule has 20 heavy (non-hydrogen) atoms. The molecule has 1 N–H and O–H groups in total. The molecule has 0 atom stereocenters. The lowest BCUT2D eigenvalue weighted by Gasteiger charge is -2.30. The minimum Gasteiger partial charge on any atom is -0.364 e. The Bertz CT molecular complexity index is 503. The summed E-state index contributed by atoms with van der Waals surface area (Å²) in [5.74, 6) is -0.305. The maximum atomic E-state index is 13.5. The van der Waals surface area contributed by atoms with Crippen LogP contribution in [0.15, 0.2) is 42.2 Å². The topological polar surface area (TPSA) is 15.3 Å². The van der Waals surface area contributed by atoms with E-state index in [4.69, 9.17) is 11.6 Å². The summed E-state index contributed by atoms with van der Waals surface area (Å²) in [6, 6.07) is 4.91. The van der Waals surface area contributed by atoms with Crippen molar-refractivity contribution in [3.05, 3.63) is 53.1 Å². The summed E-state index contributed by atoms with van der Waals surface area (Å²) in [5, 5.41) is 3.70. The van der Waals surface area contributed by atoms with Gasteiger partial charge in [-0.1, -0.05) is 23.8 Å². The maximum absolute atomic E-state index is 13.5. The zero-order valence-corrected chi connectivity index (χ0v) is 12.6. The number of nitrogens with zero attached hydrogens (tertiary/aromatic N) is 1. The van der Waals surface area contributed by atoms with Crippen LogP contribution in [-0.2, 0) is 0 Å². The fourth-order valence-electron chi connectivity index (χ4n) is 2.23. The van der Waals surface area contributed by atoms with Crippen molar-refractivity contribution in [3.63, 3.8) is 0 Å². The molecular weight excluding hydrogens is 275 g/mol. The van der Waals surface area contributed by atoms with Gasteiger partial charge < -0.3 is 10.2 Å². The molecule has 2 rings (SSSR count). The Hall–Kier alpha value is -1.48. The van der Waals surface area contributed by atoms with E-state index >= 15 is 0 Å². The molecule has 0 aliphatic carbocycles. The molecule has 0 saturated carbocycles. The summed E-state index contributed by atoms with van der Waals surface area (Å²) in [5.41, 5.74) is 1.94. The van der Waals surface area contributed by atoms with Gasteiger partial charge in [0.05, 0.1) is 6.54 Å². The third-order valence-corrected chi connectivity index (χ3v) is 3.47. The molecule has 108 valence electrons. The van der Waals surface area contributed by atoms with Gasteiger partial charge in [0, 0.05) is 22.4 Å². The van der Waals surface area contributed by atoms with Gasteiger partial charge in [-0.3, -0.25) is 0 Å². The summed E-state index contributed by atoms with van der Waals surface area (Å²) in [6.07, 6.45) is 8.34. The van der Waals surface area contributed by atoms with E-state index in [-0.39, 0.29) is 11.9 Å². The molecule has 0 bridgehead atoms. The Labute approximate surface area is 124 Å². The monoisotopic (exact) mass is 294 g/mol. The van der Waals surface area contributed by atoms with Crippen LogP contribution in [0.25, 0.3) is 0 Å². The van der Waals surface area contributed by atoms with Gasteiger partial charge in [0.2, 0.25) is 0 Å². The number of rotatable bonds is 4. The van der Waals surface area contributed by atoms with Crippen molar-refractivity contribution in [2.75, 3.05) is 11.4 Å². The number of hydrogen-bond donors (Lipinski definition) is 1. The maximum Gasteiger partial charge on any atom is 0.126 e. The first-order valence-corrected chi connectivity index (χ1v) is 7.27. The molecule has 1 aliphatic heterocycles. The Morgan fingerprint density at radius 1 is 1.30 bits per heavy atom. The van der Waals surface area contributed by atoms with Crippen molar-refractivity contribution in [2.45, 2.75) is 32.7 Å². The lowest BCUT2D eigenvalue weighted by Crippen LogP contribution is -2.35. The standard InChI is InChI=1S/C16H20ClFN2/c1-12(2)20(11-15-6-4-3-5-7-19-15)16-9-13(17)8-14(18)10-16/h5-10,12,19H,3-4,11H2,1-2H3. The van der Waals surface area contributed by atoms with Crippen molar-refractivity contribution in [1.82, 2.24) is 5.32 Å². The highest BCUT2D eigenvalue weighted by Crippen LogP contribution is 2.24. The summed E-state index contributed by atoms with van der Waals surface area (Å²) in [6.45, 7) is 4.89. The predicted molar refractivity (Wildman–Crippen MR) is 83.5 cm³/mol. The van der Waals surface area contributed by atoms with Crippen molar-refractivity contribution in [2.24, 2.45) is 0 Å². The van der Waals surface area contributed by atoms with E-state index in [0.717, 1.165) is 24.2 Å². The molecule has 0 fully saturated rings. The zero-order valence-electron chi connectivity index (χ0n) is 11.9. The van der Waals surface area contributed by atoms with E-state index in [1.165, 1.54) is 12.1 Å². The molecule has 1 aliphatic rings. The first-order valence-electron chi connectivity index (χ1n) is 6.89. The van der Waals surface area contributed by atoms with Crippen molar-refractivity contribution in [3.8, 4) is 0 Å². The largest absolute Gasteiger partial charge is 0.364 e. The summed E-state index contributed by atoms with van der Waals surface area (Å²) in [7, 11) is 0. The quantitative estimate of drug-likeness (QED) is 0.881. The second-order valence-electron chi connectivity index (χ2n) is 5.20. The zero-order chi connectivity index (χ0) is 14.5. The molecule has 0 unspecified atom stereocenters. The van der Waals surface area contributed by atoms with Gasteiger partial charge in [-0.25, -0.2) is 4.39 Å². The van der Waals surface area contributed by atoms with Crippen molar-refractivity contribution < 1.29 is 4.39 Å². The average molecular weight is 295 g/mol. The van der Waals surface area contributed by atoms with Crippen LogP contribution in [-0.4, -0.2) is 12.6 Å². The fourth-order valence-corrected chi connectivity index (χ4v) is 2.45. The highest BCUT2D eigenvalue weighted by molar-refractivity contribution is 6.30. The van der Waals surface area contributed by atoms with Crippen LogP contribution >= 0.6 is 11.6 Å². The highest BCUT2D eigenvalue weighted by atomic mass is 35.5. The van der Waals surface area contributed by atoms with Gasteiger partial charge in [-0.05, 0) is 51.1 Å². The molecule has 1 heterocycles. The van der Waals surface area contributed by atoms with Gasteiger partial charge >= 0.3 is 0 Å². The average Bonchev–Trinajstić information content (AvgIpc) is 2.62. The van der Waals surface area contributed by atoms with Gasteiger partial charge in [-0.15, -0.1) is 0 Å². The van der Waals surface area contributed by atoms with E-state index < -0.39 is 0 Å². The molecule has 0 saturated heterocycles. The van der Waals surface area contributed by atoms with Gasteiger partial charge in [0.15, 0.2) is 0 Å². The second kappa shape index (κ2) is 6.80. The van der Waals surface area contributed by atoms with E-state index in [1.807, 2.05) is 6.20 Å². The van der Waals surface area contributed by atoms with Crippen LogP contribution < -0.4 is 10.2 Å². The smallest absolute Gasteiger partial charge is 0.126 e. The van der Waals surface area contributed by atoms with Gasteiger partial charge in [-0.2, -0.15) is 0 Å². The minimum absolute atomic E-state index is 0.253. The molecule has 0 spiro atoms. The Kier molecular flexibility index (Phi) is 5.07. The molecular formula is C16H20ClFN2. The number of nitrogens with one attached hydrogen (secondary N) is 1. The van der Waals surface area contributed by atoms with Crippen molar-refractivity contribution >= 4 is 17.3 Å². The molecule has 0 radical (unpaired) electrons. The Morgan fingerprint density at radius 3 is 2.80 bits per heavy atom. The molecule has 2 nitrogen and oxygen atoms in total. The normalized spacial score (nSPS) is 14.8. The molecule has 0 amide bonds. The lowest BCUT2D eigenvalue weighted by molar-refractivity contribution is 0.624. The third kappa shape index (κ3) is 4.01. The van der Waals surface area contributed by atoms with Gasteiger partial charge in [0.1, 0.15) is 5.82 Å². The number of hydrogen-bond acceptors (Lipinski definition) is 2. The van der Waals surface area contributed by atoms with Crippen LogP contribution in [0.1, 0.15) is 26.7 Å².